The third kappa shape index (κ3) is 5.85. The largest absolute Gasteiger partial charge is 0.419 e. The van der Waals surface area contributed by atoms with Crippen LogP contribution < -0.4 is 16.0 Å². The van der Waals surface area contributed by atoms with E-state index in [0.29, 0.717) is 11.8 Å². The van der Waals surface area contributed by atoms with E-state index in [1.807, 2.05) is 0 Å². The molecule has 1 heterocycles. The van der Waals surface area contributed by atoms with E-state index in [2.05, 4.69) is 20.9 Å². The number of carbonyl (C=O) groups excluding carboxylic acids is 2. The highest BCUT2D eigenvalue weighted by molar-refractivity contribution is 6.00. The number of nitrogens with zero attached hydrogens (tertiary/aromatic N) is 2. The van der Waals surface area contributed by atoms with Crippen molar-refractivity contribution >= 4 is 34.7 Å². The number of benzene rings is 2. The molecule has 0 saturated heterocycles. The number of nitrogens with one attached hydrogen (secondary N) is 3. The van der Waals surface area contributed by atoms with Crippen molar-refractivity contribution < 1.29 is 27.7 Å². The molecule has 34 heavy (non-hydrogen) atoms. The van der Waals surface area contributed by atoms with Gasteiger partial charge in [-0.3, -0.25) is 19.7 Å². The normalized spacial score (nSPS) is 10.9. The van der Waals surface area contributed by atoms with Crippen LogP contribution in [-0.2, 0) is 17.4 Å². The summed E-state index contributed by atoms with van der Waals surface area (Å²) in [5.74, 6) is -1.24. The number of hydrogen-bond acceptors (Lipinski definition) is 6. The van der Waals surface area contributed by atoms with Crippen molar-refractivity contribution in [1.82, 2.24) is 10.3 Å². The van der Waals surface area contributed by atoms with Gasteiger partial charge in [0, 0.05) is 31.4 Å². The SMILES string of the molecule is CNC(=O)c1ccccc1Nc1cc(NC(=O)Cc2ccc([N+](=O)[O-])cc2)ncc1C(F)(F)F. The molecular formula is C22H18F3N5O4. The van der Waals surface area contributed by atoms with Gasteiger partial charge in [0.1, 0.15) is 5.82 Å². The van der Waals surface area contributed by atoms with Crippen molar-refractivity contribution in [2.24, 2.45) is 0 Å². The van der Waals surface area contributed by atoms with Gasteiger partial charge >= 0.3 is 6.18 Å². The van der Waals surface area contributed by atoms with E-state index in [4.69, 9.17) is 0 Å². The van der Waals surface area contributed by atoms with Gasteiger partial charge in [0.05, 0.1) is 33.8 Å². The number of pyridine rings is 1. The maximum absolute atomic E-state index is 13.6. The summed E-state index contributed by atoms with van der Waals surface area (Å²) in [6.45, 7) is 0. The number of aromatic nitrogens is 1. The second kappa shape index (κ2) is 9.98. The molecular weight excluding hydrogens is 455 g/mol. The molecule has 3 aromatic rings. The molecule has 0 aliphatic carbocycles. The molecule has 1 aromatic heterocycles. The zero-order chi connectivity index (χ0) is 24.9. The highest BCUT2D eigenvalue weighted by Gasteiger charge is 2.34. The van der Waals surface area contributed by atoms with Gasteiger partial charge in [-0.2, -0.15) is 13.2 Å². The van der Waals surface area contributed by atoms with Gasteiger partial charge in [0.25, 0.3) is 11.6 Å². The lowest BCUT2D eigenvalue weighted by Crippen LogP contribution is -2.20. The van der Waals surface area contributed by atoms with Gasteiger partial charge in [-0.1, -0.05) is 24.3 Å². The summed E-state index contributed by atoms with van der Waals surface area (Å²) in [4.78, 5) is 38.2. The highest BCUT2D eigenvalue weighted by Crippen LogP contribution is 2.37. The first-order chi connectivity index (χ1) is 16.1. The van der Waals surface area contributed by atoms with Crippen molar-refractivity contribution in [3.8, 4) is 0 Å². The van der Waals surface area contributed by atoms with Gasteiger partial charge in [-0.25, -0.2) is 4.98 Å². The van der Waals surface area contributed by atoms with Crippen LogP contribution in [0.1, 0.15) is 21.5 Å². The van der Waals surface area contributed by atoms with Crippen molar-refractivity contribution in [3.63, 3.8) is 0 Å². The van der Waals surface area contributed by atoms with Crippen LogP contribution in [0.2, 0.25) is 0 Å². The third-order valence-electron chi connectivity index (χ3n) is 4.66. The van der Waals surface area contributed by atoms with Crippen molar-refractivity contribution in [1.29, 1.82) is 0 Å². The van der Waals surface area contributed by atoms with Gasteiger partial charge in [0.15, 0.2) is 0 Å². The molecule has 0 radical (unpaired) electrons. The molecule has 2 amide bonds. The first kappa shape index (κ1) is 24.2. The van der Waals surface area contributed by atoms with Crippen LogP contribution in [-0.4, -0.2) is 28.8 Å². The standard InChI is InChI=1S/C22H18F3N5O4/c1-26-21(32)15-4-2-3-5-17(15)28-18-11-19(27-12-16(18)22(23,24)25)29-20(31)10-13-6-8-14(9-7-13)30(33)34/h2-9,11-12H,10H2,1H3,(H,26,32)(H2,27,28,29,31). The summed E-state index contributed by atoms with van der Waals surface area (Å²) < 4.78 is 40.7. The number of non-ortho nitro benzene ring substituents is 1. The number of carbonyl (C=O) groups is 2. The number of anilines is 3. The van der Waals surface area contributed by atoms with E-state index >= 15 is 0 Å². The second-order valence-electron chi connectivity index (χ2n) is 7.01. The molecule has 0 bridgehead atoms. The number of alkyl halides is 3. The topological polar surface area (TPSA) is 126 Å². The number of rotatable bonds is 7. The molecule has 3 N–H and O–H groups in total. The Morgan fingerprint density at radius 2 is 1.74 bits per heavy atom. The van der Waals surface area contributed by atoms with E-state index in [1.54, 1.807) is 12.1 Å². The number of nitro benzene ring substituents is 1. The van der Waals surface area contributed by atoms with Gasteiger partial charge in [-0.15, -0.1) is 0 Å². The fourth-order valence-electron chi connectivity index (χ4n) is 3.03. The summed E-state index contributed by atoms with van der Waals surface area (Å²) in [5, 5.41) is 18.2. The van der Waals surface area contributed by atoms with Crippen LogP contribution in [0.15, 0.2) is 60.8 Å². The van der Waals surface area contributed by atoms with Crippen LogP contribution >= 0.6 is 0 Å². The maximum atomic E-state index is 13.6. The predicted octanol–water partition coefficient (Wildman–Crippen LogP) is 4.29. The Labute approximate surface area is 191 Å². The first-order valence-electron chi connectivity index (χ1n) is 9.77. The Hall–Kier alpha value is -4.48. The van der Waals surface area contributed by atoms with Crippen LogP contribution in [0.3, 0.4) is 0 Å². The van der Waals surface area contributed by atoms with Gasteiger partial charge in [0.2, 0.25) is 5.91 Å². The van der Waals surface area contributed by atoms with E-state index in [-0.39, 0.29) is 29.2 Å². The number of nitro groups is 1. The fourth-order valence-corrected chi connectivity index (χ4v) is 3.03. The van der Waals surface area contributed by atoms with E-state index in [1.165, 1.54) is 43.4 Å². The number of para-hydroxylation sites is 1. The summed E-state index contributed by atoms with van der Waals surface area (Å²) in [6, 6.07) is 12.3. The Morgan fingerprint density at radius 3 is 2.35 bits per heavy atom. The first-order valence-corrected chi connectivity index (χ1v) is 9.77. The van der Waals surface area contributed by atoms with Crippen LogP contribution in [0.25, 0.3) is 0 Å². The Balaban J connectivity index is 1.85. The van der Waals surface area contributed by atoms with Crippen LogP contribution in [0.4, 0.5) is 36.1 Å². The minimum atomic E-state index is -4.75. The van der Waals surface area contributed by atoms with Crippen molar-refractivity contribution in [3.05, 3.63) is 87.6 Å². The van der Waals surface area contributed by atoms with Gasteiger partial charge in [-0.05, 0) is 17.7 Å². The molecule has 9 nitrogen and oxygen atoms in total. The smallest absolute Gasteiger partial charge is 0.355 e. The quantitative estimate of drug-likeness (QED) is 0.347. The van der Waals surface area contributed by atoms with Gasteiger partial charge < -0.3 is 16.0 Å². The summed E-state index contributed by atoms with van der Waals surface area (Å²) in [7, 11) is 1.39. The molecule has 0 spiro atoms. The molecule has 2 aromatic carbocycles. The average Bonchev–Trinajstić information content (AvgIpc) is 2.78. The highest BCUT2D eigenvalue weighted by atomic mass is 19.4. The average molecular weight is 473 g/mol. The molecule has 3 rings (SSSR count). The van der Waals surface area contributed by atoms with Crippen molar-refractivity contribution in [2.45, 2.75) is 12.6 Å². The molecule has 0 aliphatic heterocycles. The minimum absolute atomic E-state index is 0.124. The number of halogens is 3. The lowest BCUT2D eigenvalue weighted by Gasteiger charge is -2.17. The molecule has 12 heteroatoms. The lowest BCUT2D eigenvalue weighted by molar-refractivity contribution is -0.384. The van der Waals surface area contributed by atoms with Crippen LogP contribution in [0, 0.1) is 10.1 Å². The molecule has 0 atom stereocenters. The maximum Gasteiger partial charge on any atom is 0.419 e. The molecule has 0 aliphatic rings. The predicted molar refractivity (Wildman–Crippen MR) is 118 cm³/mol. The minimum Gasteiger partial charge on any atom is -0.355 e. The van der Waals surface area contributed by atoms with Crippen LogP contribution in [0.5, 0.6) is 0 Å². The zero-order valence-corrected chi connectivity index (χ0v) is 17.6. The summed E-state index contributed by atoms with van der Waals surface area (Å²) in [5.41, 5.74) is -0.924. The van der Waals surface area contributed by atoms with E-state index in [0.717, 1.165) is 6.07 Å². The monoisotopic (exact) mass is 473 g/mol. The Bertz CT molecular complexity index is 1230. The molecule has 0 saturated carbocycles. The summed E-state index contributed by atoms with van der Waals surface area (Å²) in [6.07, 6.45) is -4.35. The van der Waals surface area contributed by atoms with E-state index in [9.17, 15) is 32.9 Å². The van der Waals surface area contributed by atoms with E-state index < -0.39 is 34.2 Å². The number of amides is 2. The second-order valence-corrected chi connectivity index (χ2v) is 7.01. The molecule has 176 valence electrons. The third-order valence-corrected chi connectivity index (χ3v) is 4.66. The number of hydrogen-bond donors (Lipinski definition) is 3. The fraction of sp³-hybridized carbons (Fsp3) is 0.136. The molecule has 0 fully saturated rings. The lowest BCUT2D eigenvalue weighted by atomic mass is 10.1. The Kier molecular flexibility index (Phi) is 7.09. The van der Waals surface area contributed by atoms with Crippen molar-refractivity contribution in [2.75, 3.05) is 17.7 Å². The summed E-state index contributed by atoms with van der Waals surface area (Å²) >= 11 is 0. The zero-order valence-electron chi connectivity index (χ0n) is 17.6. The molecule has 0 unspecified atom stereocenters. The Morgan fingerprint density at radius 1 is 1.06 bits per heavy atom.